The van der Waals surface area contributed by atoms with Gasteiger partial charge in [-0.3, -0.25) is 19.6 Å². The third kappa shape index (κ3) is 3.96. The Kier molecular flexibility index (Phi) is 5.91. The van der Waals surface area contributed by atoms with Gasteiger partial charge in [-0.15, -0.1) is 0 Å². The smallest absolute Gasteiger partial charge is 0.327 e. The van der Waals surface area contributed by atoms with Crippen molar-refractivity contribution in [2.75, 3.05) is 38.5 Å². The van der Waals surface area contributed by atoms with Gasteiger partial charge in [-0.2, -0.15) is 0 Å². The molecule has 0 amide bonds. The minimum absolute atomic E-state index is 0.0403. The molecule has 0 saturated carbocycles. The standard InChI is InChI=1S/C27H28N4O5/c1-31(2)17-8-5-14(6-9-17)22-23-18(28-25-24(22)26(33)30-27(34)29-25)11-16(12-19(23)32)15-7-10-20(35-3)21(13-15)36-4/h5-10,13,16,22H,11-12H2,1-4H3,(H3,28,29,30,33,34). The van der Waals surface area contributed by atoms with Crippen LogP contribution in [-0.2, 0) is 4.79 Å². The van der Waals surface area contributed by atoms with Crippen LogP contribution in [0.5, 0.6) is 11.5 Å². The van der Waals surface area contributed by atoms with Crippen molar-refractivity contribution in [3.8, 4) is 11.5 Å². The summed E-state index contributed by atoms with van der Waals surface area (Å²) in [6.45, 7) is 0. The van der Waals surface area contributed by atoms with Crippen LogP contribution in [0, 0.1) is 0 Å². The fraction of sp³-hybridized carbons (Fsp3) is 0.296. The normalized spacial score (nSPS) is 18.7. The highest BCUT2D eigenvalue weighted by Crippen LogP contribution is 2.47. The van der Waals surface area contributed by atoms with E-state index >= 15 is 0 Å². The highest BCUT2D eigenvalue weighted by Gasteiger charge is 2.40. The van der Waals surface area contributed by atoms with Gasteiger partial charge < -0.3 is 19.7 Å². The number of benzene rings is 2. The van der Waals surface area contributed by atoms with Gasteiger partial charge in [-0.1, -0.05) is 18.2 Å². The molecule has 2 heterocycles. The molecule has 2 aliphatic rings. The Morgan fingerprint density at radius 3 is 2.22 bits per heavy atom. The number of carbonyl (C=O) groups excluding carboxylic acids is 1. The van der Waals surface area contributed by atoms with E-state index in [1.807, 2.05) is 61.5 Å². The van der Waals surface area contributed by atoms with Crippen LogP contribution in [0.15, 0.2) is 63.3 Å². The summed E-state index contributed by atoms with van der Waals surface area (Å²) in [6, 6.07) is 13.4. The van der Waals surface area contributed by atoms with Crippen molar-refractivity contribution < 1.29 is 14.3 Å². The predicted molar refractivity (Wildman–Crippen MR) is 137 cm³/mol. The van der Waals surface area contributed by atoms with Gasteiger partial charge in [-0.05, 0) is 47.7 Å². The van der Waals surface area contributed by atoms with E-state index in [0.717, 1.165) is 16.8 Å². The summed E-state index contributed by atoms with van der Waals surface area (Å²) in [5, 5.41) is 3.21. The van der Waals surface area contributed by atoms with E-state index < -0.39 is 17.2 Å². The molecule has 0 saturated heterocycles. The number of ketones is 1. The number of methoxy groups -OCH3 is 2. The van der Waals surface area contributed by atoms with Gasteiger partial charge in [0.2, 0.25) is 0 Å². The lowest BCUT2D eigenvalue weighted by Gasteiger charge is -2.35. The van der Waals surface area contributed by atoms with Crippen LogP contribution in [0.2, 0.25) is 0 Å². The number of allylic oxidation sites excluding steroid dienone is 2. The summed E-state index contributed by atoms with van der Waals surface area (Å²) in [7, 11) is 7.05. The number of nitrogens with one attached hydrogen (secondary N) is 3. The molecule has 2 unspecified atom stereocenters. The summed E-state index contributed by atoms with van der Waals surface area (Å²) in [4.78, 5) is 45.8. The van der Waals surface area contributed by atoms with Gasteiger partial charge in [0.25, 0.3) is 5.56 Å². The minimum atomic E-state index is -0.601. The molecule has 3 N–H and O–H groups in total. The lowest BCUT2D eigenvalue weighted by Crippen LogP contribution is -2.37. The molecule has 2 aromatic carbocycles. The zero-order valence-corrected chi connectivity index (χ0v) is 20.6. The van der Waals surface area contributed by atoms with Gasteiger partial charge in [0.1, 0.15) is 5.82 Å². The summed E-state index contributed by atoms with van der Waals surface area (Å²) >= 11 is 0. The zero-order chi connectivity index (χ0) is 25.6. The highest BCUT2D eigenvalue weighted by molar-refractivity contribution is 6.01. The molecule has 0 spiro atoms. The van der Waals surface area contributed by atoms with Crippen molar-refractivity contribution in [3.05, 3.63) is 91.3 Å². The lowest BCUT2D eigenvalue weighted by molar-refractivity contribution is -0.116. The van der Waals surface area contributed by atoms with Crippen molar-refractivity contribution in [1.82, 2.24) is 9.97 Å². The van der Waals surface area contributed by atoms with E-state index in [-0.39, 0.29) is 11.7 Å². The molecule has 0 radical (unpaired) electrons. The van der Waals surface area contributed by atoms with Gasteiger partial charge in [0.05, 0.1) is 19.8 Å². The Bertz CT molecular complexity index is 1480. The first-order chi connectivity index (χ1) is 17.3. The number of hydrogen-bond donors (Lipinski definition) is 3. The first kappa shape index (κ1) is 23.5. The van der Waals surface area contributed by atoms with Crippen LogP contribution in [-0.4, -0.2) is 44.1 Å². The second-order valence-corrected chi connectivity index (χ2v) is 9.28. The first-order valence-corrected chi connectivity index (χ1v) is 11.7. The number of ether oxygens (including phenoxy) is 2. The second-order valence-electron chi connectivity index (χ2n) is 9.28. The number of aromatic amines is 2. The molecule has 5 rings (SSSR count). The summed E-state index contributed by atoms with van der Waals surface area (Å²) < 4.78 is 10.8. The van der Waals surface area contributed by atoms with Gasteiger partial charge in [0, 0.05) is 43.4 Å². The molecule has 1 aromatic heterocycles. The Labute approximate surface area is 207 Å². The maximum absolute atomic E-state index is 13.7. The first-order valence-electron chi connectivity index (χ1n) is 11.7. The minimum Gasteiger partial charge on any atom is -0.493 e. The number of carbonyl (C=O) groups is 1. The number of hydrogen-bond acceptors (Lipinski definition) is 7. The van der Waals surface area contributed by atoms with Crippen molar-refractivity contribution >= 4 is 17.3 Å². The SMILES string of the molecule is COc1ccc(C2CC(=O)C3=C(C2)Nc2[nH]c(=O)[nH]c(=O)c2C3c2ccc(N(C)C)cc2)cc1OC. The van der Waals surface area contributed by atoms with Crippen LogP contribution in [0.1, 0.15) is 41.4 Å². The lowest BCUT2D eigenvalue weighted by atomic mass is 9.72. The molecule has 36 heavy (non-hydrogen) atoms. The maximum atomic E-state index is 13.7. The topological polar surface area (TPSA) is 117 Å². The monoisotopic (exact) mass is 488 g/mol. The third-order valence-electron chi connectivity index (χ3n) is 6.96. The number of aromatic nitrogens is 2. The zero-order valence-electron chi connectivity index (χ0n) is 20.6. The van der Waals surface area contributed by atoms with E-state index in [1.165, 1.54) is 0 Å². The van der Waals surface area contributed by atoms with Crippen molar-refractivity contribution in [2.24, 2.45) is 0 Å². The van der Waals surface area contributed by atoms with E-state index in [4.69, 9.17) is 9.47 Å². The Morgan fingerprint density at radius 2 is 1.56 bits per heavy atom. The van der Waals surface area contributed by atoms with Gasteiger partial charge in [-0.25, -0.2) is 4.79 Å². The van der Waals surface area contributed by atoms with Crippen LogP contribution in [0.25, 0.3) is 0 Å². The molecular formula is C27H28N4O5. The van der Waals surface area contributed by atoms with Crippen molar-refractivity contribution in [1.29, 1.82) is 0 Å². The average Bonchev–Trinajstić information content (AvgIpc) is 2.86. The summed E-state index contributed by atoms with van der Waals surface area (Å²) in [5.41, 5.74) is 3.26. The number of H-pyrrole nitrogens is 2. The van der Waals surface area contributed by atoms with Gasteiger partial charge >= 0.3 is 5.69 Å². The van der Waals surface area contributed by atoms with Crippen LogP contribution in [0.3, 0.4) is 0 Å². The summed E-state index contributed by atoms with van der Waals surface area (Å²) in [5.74, 6) is 0.805. The van der Waals surface area contributed by atoms with Gasteiger partial charge in [0.15, 0.2) is 17.3 Å². The molecule has 186 valence electrons. The number of anilines is 2. The average molecular weight is 489 g/mol. The Hall–Kier alpha value is -4.27. The van der Waals surface area contributed by atoms with E-state index in [2.05, 4.69) is 15.3 Å². The van der Waals surface area contributed by atoms with E-state index in [1.54, 1.807) is 14.2 Å². The van der Waals surface area contributed by atoms with Crippen LogP contribution in [0.4, 0.5) is 11.5 Å². The fourth-order valence-corrected chi connectivity index (χ4v) is 5.19. The molecule has 1 aliphatic carbocycles. The predicted octanol–water partition coefficient (Wildman–Crippen LogP) is 3.10. The number of rotatable bonds is 5. The molecule has 2 atom stereocenters. The van der Waals surface area contributed by atoms with Crippen molar-refractivity contribution in [2.45, 2.75) is 24.7 Å². The molecule has 0 fully saturated rings. The Morgan fingerprint density at radius 1 is 0.861 bits per heavy atom. The number of fused-ring (bicyclic) bond motifs is 1. The van der Waals surface area contributed by atoms with E-state index in [9.17, 15) is 14.4 Å². The molecule has 9 heteroatoms. The highest BCUT2D eigenvalue weighted by atomic mass is 16.5. The third-order valence-corrected chi connectivity index (χ3v) is 6.96. The van der Waals surface area contributed by atoms with Crippen LogP contribution < -0.4 is 30.9 Å². The molecule has 1 aliphatic heterocycles. The molecule has 9 nitrogen and oxygen atoms in total. The largest absolute Gasteiger partial charge is 0.493 e. The Balaban J connectivity index is 1.62. The summed E-state index contributed by atoms with van der Waals surface area (Å²) in [6.07, 6.45) is 0.829. The van der Waals surface area contributed by atoms with Crippen LogP contribution >= 0.6 is 0 Å². The number of Topliss-reactive ketones (excluding diaryl/α,β-unsaturated/α-hetero) is 1. The molecular weight excluding hydrogens is 460 g/mol. The molecule has 3 aromatic rings. The quantitative estimate of drug-likeness (QED) is 0.505. The molecule has 0 bridgehead atoms. The maximum Gasteiger partial charge on any atom is 0.327 e. The van der Waals surface area contributed by atoms with E-state index in [0.29, 0.717) is 47.0 Å². The second kappa shape index (κ2) is 9.07. The fourth-order valence-electron chi connectivity index (χ4n) is 5.19. The number of nitrogens with zero attached hydrogens (tertiary/aromatic N) is 1. The van der Waals surface area contributed by atoms with Crippen molar-refractivity contribution in [3.63, 3.8) is 0 Å².